The third kappa shape index (κ3) is 4.20. The van der Waals surface area contributed by atoms with Crippen LogP contribution in [0.5, 0.6) is 0 Å². The summed E-state index contributed by atoms with van der Waals surface area (Å²) >= 11 is 3.17. The van der Waals surface area contributed by atoms with Crippen molar-refractivity contribution in [3.63, 3.8) is 0 Å². The van der Waals surface area contributed by atoms with Gasteiger partial charge in [-0.1, -0.05) is 13.3 Å². The Morgan fingerprint density at radius 1 is 1.38 bits per heavy atom. The van der Waals surface area contributed by atoms with E-state index >= 15 is 0 Å². The van der Waals surface area contributed by atoms with E-state index in [4.69, 9.17) is 5.11 Å². The zero-order valence-corrected chi connectivity index (χ0v) is 13.5. The van der Waals surface area contributed by atoms with Gasteiger partial charge in [0.25, 0.3) is 0 Å². The molecule has 0 atom stereocenters. The van der Waals surface area contributed by atoms with Crippen LogP contribution in [-0.2, 0) is 0 Å². The van der Waals surface area contributed by atoms with E-state index < -0.39 is 5.97 Å². The maximum atomic E-state index is 11.9. The average Bonchev–Trinajstić information content (AvgIpc) is 3.19. The molecular formula is C15H19BrN2O3. The third-order valence-corrected chi connectivity index (χ3v) is 4.51. The van der Waals surface area contributed by atoms with Crippen LogP contribution in [0.3, 0.4) is 0 Å². The van der Waals surface area contributed by atoms with E-state index in [1.807, 2.05) is 0 Å². The number of carboxylic acids is 1. The van der Waals surface area contributed by atoms with Crippen LogP contribution < -0.4 is 10.6 Å². The molecule has 0 unspecified atom stereocenters. The number of nitrogens with one attached hydrogen (secondary N) is 2. The van der Waals surface area contributed by atoms with E-state index in [0.29, 0.717) is 16.7 Å². The monoisotopic (exact) mass is 354 g/mol. The van der Waals surface area contributed by atoms with E-state index in [0.717, 1.165) is 12.8 Å². The van der Waals surface area contributed by atoms with E-state index in [-0.39, 0.29) is 17.0 Å². The molecule has 0 bridgehead atoms. The summed E-state index contributed by atoms with van der Waals surface area (Å²) in [4.78, 5) is 22.9. The van der Waals surface area contributed by atoms with Crippen LogP contribution in [0.1, 0.15) is 43.0 Å². The highest BCUT2D eigenvalue weighted by molar-refractivity contribution is 9.10. The average molecular weight is 355 g/mol. The summed E-state index contributed by atoms with van der Waals surface area (Å²) in [6.45, 7) is 2.82. The molecule has 0 aliphatic heterocycles. The highest BCUT2D eigenvalue weighted by Gasteiger charge is 2.41. The number of aromatic carboxylic acids is 1. The lowest BCUT2D eigenvalue weighted by Gasteiger charge is -2.15. The predicted octanol–water partition coefficient (Wildman–Crippen LogP) is 3.85. The molecule has 5 nitrogen and oxygen atoms in total. The Kier molecular flexibility index (Phi) is 4.88. The first-order valence-electron chi connectivity index (χ1n) is 7.03. The Morgan fingerprint density at radius 2 is 2.10 bits per heavy atom. The molecule has 21 heavy (non-hydrogen) atoms. The number of carbonyl (C=O) groups is 2. The zero-order valence-electron chi connectivity index (χ0n) is 11.9. The van der Waals surface area contributed by atoms with E-state index in [2.05, 4.69) is 33.5 Å². The highest BCUT2D eigenvalue weighted by Crippen LogP contribution is 2.48. The van der Waals surface area contributed by atoms with Gasteiger partial charge in [0.05, 0.1) is 5.56 Å². The molecule has 1 aliphatic carbocycles. The second-order valence-corrected chi connectivity index (χ2v) is 6.41. The van der Waals surface area contributed by atoms with Gasteiger partial charge in [-0.15, -0.1) is 0 Å². The van der Waals surface area contributed by atoms with Crippen LogP contribution in [-0.4, -0.2) is 23.7 Å². The van der Waals surface area contributed by atoms with Crippen LogP contribution in [0.2, 0.25) is 0 Å². The van der Waals surface area contributed by atoms with E-state index in [1.165, 1.54) is 18.9 Å². The number of amides is 2. The van der Waals surface area contributed by atoms with Gasteiger partial charge < -0.3 is 15.7 Å². The topological polar surface area (TPSA) is 78.4 Å². The van der Waals surface area contributed by atoms with Gasteiger partial charge in [0.15, 0.2) is 0 Å². The predicted molar refractivity (Wildman–Crippen MR) is 84.7 cm³/mol. The van der Waals surface area contributed by atoms with E-state index in [9.17, 15) is 9.59 Å². The van der Waals surface area contributed by atoms with Crippen molar-refractivity contribution in [2.45, 2.75) is 32.6 Å². The van der Waals surface area contributed by atoms with Gasteiger partial charge >= 0.3 is 12.0 Å². The minimum atomic E-state index is -1.04. The smallest absolute Gasteiger partial charge is 0.336 e. The molecule has 1 aromatic carbocycles. The molecule has 1 saturated carbocycles. The SMILES string of the molecule is CCCC1(CNC(=O)Nc2ccc(Br)c(C(=O)O)c2)CC1. The number of carbonyl (C=O) groups excluding carboxylic acids is 1. The van der Waals surface area contributed by atoms with Crippen LogP contribution in [0.15, 0.2) is 22.7 Å². The number of urea groups is 1. The molecule has 6 heteroatoms. The van der Waals surface area contributed by atoms with Crippen LogP contribution in [0.25, 0.3) is 0 Å². The number of anilines is 1. The van der Waals surface area contributed by atoms with Crippen molar-refractivity contribution in [1.29, 1.82) is 0 Å². The first kappa shape index (κ1) is 15.8. The van der Waals surface area contributed by atoms with Crippen molar-refractivity contribution in [2.24, 2.45) is 5.41 Å². The fourth-order valence-electron chi connectivity index (χ4n) is 2.43. The number of rotatable bonds is 6. The minimum Gasteiger partial charge on any atom is -0.478 e. The van der Waals surface area contributed by atoms with Crippen LogP contribution >= 0.6 is 15.9 Å². The summed E-state index contributed by atoms with van der Waals surface area (Å²) in [7, 11) is 0. The summed E-state index contributed by atoms with van der Waals surface area (Å²) < 4.78 is 0.487. The van der Waals surface area contributed by atoms with Crippen LogP contribution in [0, 0.1) is 5.41 Å². The van der Waals surface area contributed by atoms with E-state index in [1.54, 1.807) is 12.1 Å². The lowest BCUT2D eigenvalue weighted by atomic mass is 10.0. The summed E-state index contributed by atoms with van der Waals surface area (Å²) in [6.07, 6.45) is 4.60. The lowest BCUT2D eigenvalue weighted by molar-refractivity contribution is 0.0696. The number of hydrogen-bond acceptors (Lipinski definition) is 2. The normalized spacial score (nSPS) is 15.3. The van der Waals surface area contributed by atoms with Crippen molar-refractivity contribution in [1.82, 2.24) is 5.32 Å². The van der Waals surface area contributed by atoms with Crippen molar-refractivity contribution in [2.75, 3.05) is 11.9 Å². The molecule has 0 radical (unpaired) electrons. The summed E-state index contributed by atoms with van der Waals surface area (Å²) in [5.41, 5.74) is 0.878. The number of hydrogen-bond donors (Lipinski definition) is 3. The second-order valence-electron chi connectivity index (χ2n) is 5.56. The molecule has 1 aromatic rings. The zero-order chi connectivity index (χ0) is 15.5. The quantitative estimate of drug-likeness (QED) is 0.725. The van der Waals surface area contributed by atoms with Gasteiger partial charge in [0.1, 0.15) is 0 Å². The Hall–Kier alpha value is -1.56. The molecule has 0 aromatic heterocycles. The Bertz CT molecular complexity index is 556. The fourth-order valence-corrected chi connectivity index (χ4v) is 2.85. The van der Waals surface area contributed by atoms with Gasteiger partial charge in [-0.3, -0.25) is 0 Å². The van der Waals surface area contributed by atoms with Crippen molar-refractivity contribution >= 4 is 33.6 Å². The van der Waals surface area contributed by atoms with Gasteiger partial charge in [-0.2, -0.15) is 0 Å². The molecule has 0 heterocycles. The van der Waals surface area contributed by atoms with Gasteiger partial charge in [0.2, 0.25) is 0 Å². The number of halogens is 1. The van der Waals surface area contributed by atoms with Crippen molar-refractivity contribution in [3.05, 3.63) is 28.2 Å². The first-order valence-corrected chi connectivity index (χ1v) is 7.83. The summed E-state index contributed by atoms with van der Waals surface area (Å²) in [5, 5.41) is 14.6. The van der Waals surface area contributed by atoms with Crippen LogP contribution in [0.4, 0.5) is 10.5 Å². The lowest BCUT2D eigenvalue weighted by Crippen LogP contribution is -2.33. The number of benzene rings is 1. The standard InChI is InChI=1S/C15H19BrN2O3/c1-2-5-15(6-7-15)9-17-14(21)18-10-3-4-12(16)11(8-10)13(19)20/h3-4,8H,2,5-7,9H2,1H3,(H,19,20)(H2,17,18,21). The molecular weight excluding hydrogens is 336 g/mol. The molecule has 2 amide bonds. The number of carboxylic acid groups (broad SMARTS) is 1. The maximum absolute atomic E-state index is 11.9. The van der Waals surface area contributed by atoms with Crippen molar-refractivity contribution in [3.8, 4) is 0 Å². The maximum Gasteiger partial charge on any atom is 0.336 e. The Balaban J connectivity index is 1.91. The molecule has 0 saturated heterocycles. The molecule has 2 rings (SSSR count). The molecule has 3 N–H and O–H groups in total. The molecule has 1 fully saturated rings. The highest BCUT2D eigenvalue weighted by atomic mass is 79.9. The fraction of sp³-hybridized carbons (Fsp3) is 0.467. The Morgan fingerprint density at radius 3 is 2.67 bits per heavy atom. The molecule has 1 aliphatic rings. The first-order chi connectivity index (χ1) is 9.96. The van der Waals surface area contributed by atoms with Gasteiger partial charge in [0, 0.05) is 16.7 Å². The van der Waals surface area contributed by atoms with Gasteiger partial charge in [-0.25, -0.2) is 9.59 Å². The largest absolute Gasteiger partial charge is 0.478 e. The Labute approximate surface area is 132 Å². The summed E-state index contributed by atoms with van der Waals surface area (Å²) in [6, 6.07) is 4.41. The molecule has 0 spiro atoms. The molecule has 114 valence electrons. The minimum absolute atomic E-state index is 0.123. The second kappa shape index (κ2) is 6.47. The van der Waals surface area contributed by atoms with Gasteiger partial charge in [-0.05, 0) is 58.8 Å². The van der Waals surface area contributed by atoms with Crippen molar-refractivity contribution < 1.29 is 14.7 Å². The third-order valence-electron chi connectivity index (χ3n) is 3.82. The summed E-state index contributed by atoms with van der Waals surface area (Å²) in [5.74, 6) is -1.04.